The Morgan fingerprint density at radius 3 is 1.95 bits per heavy atom. The Balaban J connectivity index is 2.62. The number of nitrogens with two attached hydrogens (primary N) is 1. The number of alkyl carbamates (subject to hydrolysis) is 1. The molecule has 0 aliphatic rings. The van der Waals surface area contributed by atoms with Gasteiger partial charge in [-0.2, -0.15) is 0 Å². The highest BCUT2D eigenvalue weighted by atomic mass is 16.6. The summed E-state index contributed by atoms with van der Waals surface area (Å²) in [7, 11) is 0. The second-order valence-electron chi connectivity index (χ2n) is 11.3. The minimum atomic E-state index is -1.33. The molecule has 0 aromatic heterocycles. The molecule has 0 saturated heterocycles. The van der Waals surface area contributed by atoms with Crippen molar-refractivity contribution in [2.24, 2.45) is 5.73 Å². The minimum Gasteiger partial charge on any atom is -0.444 e. The van der Waals surface area contributed by atoms with Gasteiger partial charge in [-0.1, -0.05) is 47.5 Å². The lowest BCUT2D eigenvalue weighted by atomic mass is 9.96. The summed E-state index contributed by atoms with van der Waals surface area (Å²) in [5, 5.41) is 5.51. The number of aryl methyl sites for hydroxylation is 4. The molecule has 2 aromatic carbocycles. The van der Waals surface area contributed by atoms with Gasteiger partial charge in [0.05, 0.1) is 6.42 Å². The minimum absolute atomic E-state index is 0.422. The maximum Gasteiger partial charge on any atom is 0.408 e. The maximum atomic E-state index is 14.1. The van der Waals surface area contributed by atoms with Gasteiger partial charge in [0.15, 0.2) is 0 Å². The third kappa shape index (κ3) is 8.84. The molecule has 0 aliphatic carbocycles. The zero-order valence-electron chi connectivity index (χ0n) is 24.5. The smallest absolute Gasteiger partial charge is 0.408 e. The number of rotatable bonds is 9. The fraction of sp³-hybridized carbons (Fsp3) is 0.467. The average Bonchev–Trinajstić information content (AvgIpc) is 2.76. The van der Waals surface area contributed by atoms with Gasteiger partial charge in [-0.3, -0.25) is 14.4 Å². The molecule has 9 heteroatoms. The number of carbonyl (C=O) groups excluding carboxylic acids is 4. The second-order valence-corrected chi connectivity index (χ2v) is 11.3. The Kier molecular flexibility index (Phi) is 10.3. The number of ether oxygens (including phenoxy) is 1. The average molecular weight is 539 g/mol. The van der Waals surface area contributed by atoms with E-state index in [1.165, 1.54) is 4.90 Å². The number of nitrogens with zero attached hydrogens (tertiary/aromatic N) is 1. The summed E-state index contributed by atoms with van der Waals surface area (Å²) in [6.07, 6.45) is -1.33. The monoisotopic (exact) mass is 538 g/mol. The van der Waals surface area contributed by atoms with Crippen molar-refractivity contribution < 1.29 is 23.9 Å². The molecule has 2 rings (SSSR count). The molecular weight excluding hydrogens is 496 g/mol. The number of primary amides is 1. The number of hydrogen-bond acceptors (Lipinski definition) is 5. The molecule has 0 spiro atoms. The van der Waals surface area contributed by atoms with E-state index in [9.17, 15) is 19.2 Å². The molecule has 0 fully saturated rings. The SMILES string of the molecule is Cc1cc(C)cc(C(C(=O)Nc2c(C)cccc2C)N(C(=O)C(CC(N)=O)NC(=O)OC(C)(C)C)C(C)C)c1. The van der Waals surface area contributed by atoms with Gasteiger partial charge in [0.25, 0.3) is 5.91 Å². The summed E-state index contributed by atoms with van der Waals surface area (Å²) in [4.78, 5) is 54.0. The highest BCUT2D eigenvalue weighted by Crippen LogP contribution is 2.30. The van der Waals surface area contributed by atoms with Crippen LogP contribution >= 0.6 is 0 Å². The first-order valence-electron chi connectivity index (χ1n) is 13.1. The van der Waals surface area contributed by atoms with Crippen LogP contribution in [-0.2, 0) is 19.1 Å². The summed E-state index contributed by atoms with van der Waals surface area (Å²) >= 11 is 0. The van der Waals surface area contributed by atoms with Gasteiger partial charge < -0.3 is 26.0 Å². The van der Waals surface area contributed by atoms with Gasteiger partial charge in [-0.15, -0.1) is 0 Å². The number of benzene rings is 2. The molecule has 212 valence electrons. The summed E-state index contributed by atoms with van der Waals surface area (Å²) in [5.74, 6) is -1.83. The molecule has 2 aromatic rings. The van der Waals surface area contributed by atoms with Crippen molar-refractivity contribution in [1.29, 1.82) is 0 Å². The number of hydrogen-bond donors (Lipinski definition) is 3. The van der Waals surface area contributed by atoms with Gasteiger partial charge in [-0.05, 0) is 79.0 Å². The van der Waals surface area contributed by atoms with E-state index in [2.05, 4.69) is 10.6 Å². The quantitative estimate of drug-likeness (QED) is 0.429. The van der Waals surface area contributed by atoms with E-state index < -0.39 is 54.0 Å². The van der Waals surface area contributed by atoms with E-state index in [1.54, 1.807) is 34.6 Å². The lowest BCUT2D eigenvalue weighted by Gasteiger charge is -2.37. The van der Waals surface area contributed by atoms with Crippen LogP contribution in [-0.4, -0.2) is 46.4 Å². The van der Waals surface area contributed by atoms with Crippen molar-refractivity contribution in [3.8, 4) is 0 Å². The van der Waals surface area contributed by atoms with Gasteiger partial charge >= 0.3 is 6.09 Å². The van der Waals surface area contributed by atoms with Crippen LogP contribution in [0.15, 0.2) is 36.4 Å². The van der Waals surface area contributed by atoms with E-state index in [-0.39, 0.29) is 0 Å². The summed E-state index contributed by atoms with van der Waals surface area (Å²) in [6.45, 7) is 16.2. The van der Waals surface area contributed by atoms with Crippen molar-refractivity contribution >= 4 is 29.5 Å². The molecule has 2 atom stereocenters. The van der Waals surface area contributed by atoms with E-state index in [4.69, 9.17) is 10.5 Å². The third-order valence-electron chi connectivity index (χ3n) is 6.02. The zero-order chi connectivity index (χ0) is 29.7. The first-order valence-corrected chi connectivity index (χ1v) is 13.1. The fourth-order valence-corrected chi connectivity index (χ4v) is 4.52. The first-order chi connectivity index (χ1) is 18.0. The van der Waals surface area contributed by atoms with Crippen molar-refractivity contribution in [3.63, 3.8) is 0 Å². The largest absolute Gasteiger partial charge is 0.444 e. The Hall–Kier alpha value is -3.88. The summed E-state index contributed by atoms with van der Waals surface area (Å²) in [5.41, 5.74) is 9.49. The van der Waals surface area contributed by atoms with Crippen LogP contribution < -0.4 is 16.4 Å². The molecular formula is C30H42N4O5. The Labute approximate surface area is 231 Å². The molecule has 9 nitrogen and oxygen atoms in total. The molecule has 2 unspecified atom stereocenters. The van der Waals surface area contributed by atoms with Crippen LogP contribution in [0.2, 0.25) is 0 Å². The number of nitrogens with one attached hydrogen (secondary N) is 2. The van der Waals surface area contributed by atoms with E-state index in [0.717, 1.165) is 22.3 Å². The first kappa shape index (κ1) is 31.3. The molecule has 0 heterocycles. The normalized spacial score (nSPS) is 12.9. The molecule has 4 N–H and O–H groups in total. The van der Waals surface area contributed by atoms with E-state index in [0.29, 0.717) is 11.3 Å². The van der Waals surface area contributed by atoms with Crippen LogP contribution in [0.4, 0.5) is 10.5 Å². The number of anilines is 1. The highest BCUT2D eigenvalue weighted by molar-refractivity contribution is 6.00. The predicted molar refractivity (Wildman–Crippen MR) is 152 cm³/mol. The lowest BCUT2D eigenvalue weighted by molar-refractivity contribution is -0.143. The van der Waals surface area contributed by atoms with E-state index in [1.807, 2.05) is 64.1 Å². The molecule has 0 bridgehead atoms. The van der Waals surface area contributed by atoms with Gasteiger partial charge in [0, 0.05) is 11.7 Å². The predicted octanol–water partition coefficient (Wildman–Crippen LogP) is 4.61. The van der Waals surface area contributed by atoms with Gasteiger partial charge in [-0.25, -0.2) is 4.79 Å². The standard InChI is InChI=1S/C30H42N4O5/c1-17(2)34(28(37)23(16-24(31)35)32-29(38)39-30(7,8)9)26(22-14-18(3)13-19(4)15-22)27(36)33-25-20(5)11-10-12-21(25)6/h10-15,17,23,26H,16H2,1-9H3,(H2,31,35)(H,32,38)(H,33,36). The zero-order valence-corrected chi connectivity index (χ0v) is 24.5. The van der Waals surface area contributed by atoms with Crippen molar-refractivity contribution in [2.75, 3.05) is 5.32 Å². The molecule has 4 amide bonds. The van der Waals surface area contributed by atoms with Crippen LogP contribution in [0.25, 0.3) is 0 Å². The fourth-order valence-electron chi connectivity index (χ4n) is 4.52. The van der Waals surface area contributed by atoms with Crippen LogP contribution in [0.3, 0.4) is 0 Å². The second kappa shape index (κ2) is 12.8. The summed E-state index contributed by atoms with van der Waals surface area (Å²) < 4.78 is 5.32. The van der Waals surface area contributed by atoms with Crippen LogP contribution in [0.1, 0.15) is 74.9 Å². The molecule has 39 heavy (non-hydrogen) atoms. The Morgan fingerprint density at radius 1 is 0.949 bits per heavy atom. The van der Waals surface area contributed by atoms with Crippen molar-refractivity contribution in [3.05, 3.63) is 64.2 Å². The number of para-hydroxylation sites is 1. The van der Waals surface area contributed by atoms with Crippen LogP contribution in [0.5, 0.6) is 0 Å². The van der Waals surface area contributed by atoms with Crippen LogP contribution in [0, 0.1) is 27.7 Å². The lowest BCUT2D eigenvalue weighted by Crippen LogP contribution is -2.55. The topological polar surface area (TPSA) is 131 Å². The number of amides is 4. The summed E-state index contributed by atoms with van der Waals surface area (Å²) in [6, 6.07) is 8.51. The van der Waals surface area contributed by atoms with Crippen molar-refractivity contribution in [2.45, 2.75) is 92.5 Å². The van der Waals surface area contributed by atoms with E-state index >= 15 is 0 Å². The molecule has 0 radical (unpaired) electrons. The van der Waals surface area contributed by atoms with Crippen molar-refractivity contribution in [1.82, 2.24) is 10.2 Å². The Bertz CT molecular complexity index is 1190. The van der Waals surface area contributed by atoms with Gasteiger partial charge in [0.1, 0.15) is 17.7 Å². The Morgan fingerprint density at radius 2 is 1.49 bits per heavy atom. The highest BCUT2D eigenvalue weighted by Gasteiger charge is 2.38. The van der Waals surface area contributed by atoms with Gasteiger partial charge in [0.2, 0.25) is 11.8 Å². The molecule has 0 aliphatic heterocycles. The number of carbonyl (C=O) groups is 4. The molecule has 0 saturated carbocycles. The maximum absolute atomic E-state index is 14.1. The third-order valence-corrected chi connectivity index (χ3v) is 6.02.